The van der Waals surface area contributed by atoms with Gasteiger partial charge in [0, 0.05) is 11.8 Å². The summed E-state index contributed by atoms with van der Waals surface area (Å²) in [6, 6.07) is 13.5. The van der Waals surface area contributed by atoms with E-state index < -0.39 is 0 Å². The summed E-state index contributed by atoms with van der Waals surface area (Å²) in [6.07, 6.45) is 1.69. The predicted octanol–water partition coefficient (Wildman–Crippen LogP) is 3.52. The van der Waals surface area contributed by atoms with Gasteiger partial charge in [0.15, 0.2) is 11.5 Å². The largest absolute Gasteiger partial charge is 0.504 e. The van der Waals surface area contributed by atoms with Crippen LogP contribution in [0.3, 0.4) is 0 Å². The maximum absolute atomic E-state index is 10.2. The molecule has 1 N–H and O–H groups in total. The number of para-hydroxylation sites is 1. The first-order valence-corrected chi connectivity index (χ1v) is 8.31. The first kappa shape index (κ1) is 18.8. The molecule has 0 aromatic heterocycles. The maximum Gasteiger partial charge on any atom is 0.166 e. The van der Waals surface area contributed by atoms with Crippen LogP contribution in [-0.2, 0) is 0 Å². The number of hydrogen-bond acceptors (Lipinski definition) is 5. The van der Waals surface area contributed by atoms with Crippen LogP contribution in [0.4, 0.5) is 0 Å². The van der Waals surface area contributed by atoms with Crippen LogP contribution in [0.5, 0.6) is 17.2 Å². The lowest BCUT2D eigenvalue weighted by Gasteiger charge is -2.23. The molecule has 2 rings (SSSR count). The summed E-state index contributed by atoms with van der Waals surface area (Å²) >= 11 is 0. The molecule has 0 aliphatic rings. The fraction of sp³-hybridized carbons (Fsp3) is 0.350. The van der Waals surface area contributed by atoms with Gasteiger partial charge in [-0.05, 0) is 50.8 Å². The van der Waals surface area contributed by atoms with Crippen LogP contribution >= 0.6 is 0 Å². The van der Waals surface area contributed by atoms with E-state index >= 15 is 0 Å². The van der Waals surface area contributed by atoms with Crippen LogP contribution < -0.4 is 9.47 Å². The summed E-state index contributed by atoms with van der Waals surface area (Å²) in [5, 5.41) is 10.2. The van der Waals surface area contributed by atoms with Gasteiger partial charge in [-0.25, -0.2) is 0 Å². The molecule has 0 unspecified atom stereocenters. The Hall–Kier alpha value is -2.53. The van der Waals surface area contributed by atoms with Gasteiger partial charge in [-0.15, -0.1) is 0 Å². The molecule has 5 heteroatoms. The van der Waals surface area contributed by atoms with Crippen LogP contribution in [0.2, 0.25) is 0 Å². The molecule has 1 atom stereocenters. The number of phenols is 1. The summed E-state index contributed by atoms with van der Waals surface area (Å²) in [4.78, 5) is 6.65. The van der Waals surface area contributed by atoms with Crippen LogP contribution in [-0.4, -0.2) is 50.6 Å². The van der Waals surface area contributed by atoms with Gasteiger partial charge in [0.05, 0.1) is 26.3 Å². The molecular formula is C20H26N2O3. The number of methoxy groups -OCH3 is 1. The van der Waals surface area contributed by atoms with Crippen molar-refractivity contribution in [3.8, 4) is 17.2 Å². The first-order chi connectivity index (χ1) is 12.1. The van der Waals surface area contributed by atoms with Crippen molar-refractivity contribution in [1.29, 1.82) is 0 Å². The molecule has 0 aliphatic carbocycles. The smallest absolute Gasteiger partial charge is 0.166 e. The third kappa shape index (κ3) is 4.97. The van der Waals surface area contributed by atoms with Crippen molar-refractivity contribution in [3.05, 3.63) is 53.6 Å². The summed E-state index contributed by atoms with van der Waals surface area (Å²) in [5.41, 5.74) is 1.78. The second-order valence-electron chi connectivity index (χ2n) is 5.88. The number of nitrogens with zero attached hydrogens (tertiary/aromatic N) is 2. The molecule has 2 aromatic carbocycles. The van der Waals surface area contributed by atoms with E-state index in [9.17, 15) is 5.11 Å². The number of ether oxygens (including phenoxy) is 2. The van der Waals surface area contributed by atoms with E-state index in [1.807, 2.05) is 51.4 Å². The van der Waals surface area contributed by atoms with Crippen molar-refractivity contribution in [3.63, 3.8) is 0 Å². The molecule has 0 bridgehead atoms. The third-order valence-electron chi connectivity index (χ3n) is 3.94. The number of benzene rings is 2. The Morgan fingerprint density at radius 2 is 1.96 bits per heavy atom. The van der Waals surface area contributed by atoms with Crippen molar-refractivity contribution in [2.45, 2.75) is 13.0 Å². The van der Waals surface area contributed by atoms with Crippen molar-refractivity contribution < 1.29 is 14.6 Å². The highest BCUT2D eigenvalue weighted by atomic mass is 16.5. The summed E-state index contributed by atoms with van der Waals surface area (Å²) in [5.74, 6) is 1.43. The van der Waals surface area contributed by atoms with Gasteiger partial charge >= 0.3 is 0 Å². The van der Waals surface area contributed by atoms with Gasteiger partial charge in [0.1, 0.15) is 5.75 Å². The van der Waals surface area contributed by atoms with Gasteiger partial charge in [0.2, 0.25) is 0 Å². The molecule has 0 aliphatic heterocycles. The summed E-state index contributed by atoms with van der Waals surface area (Å²) < 4.78 is 10.7. The zero-order chi connectivity index (χ0) is 18.2. The van der Waals surface area contributed by atoms with Gasteiger partial charge < -0.3 is 19.5 Å². The second-order valence-corrected chi connectivity index (χ2v) is 5.88. The van der Waals surface area contributed by atoms with Crippen molar-refractivity contribution >= 4 is 6.21 Å². The summed E-state index contributed by atoms with van der Waals surface area (Å²) in [6.45, 7) is 2.96. The molecular weight excluding hydrogens is 316 g/mol. The van der Waals surface area contributed by atoms with Crippen LogP contribution in [0.1, 0.15) is 24.1 Å². The number of aromatic hydroxyl groups is 1. The SMILES string of the molecule is CCOc1cccc(C=NC[C@H](c2cccc(OC)c2)N(C)C)c1O. The zero-order valence-electron chi connectivity index (χ0n) is 15.3. The monoisotopic (exact) mass is 342 g/mol. The highest BCUT2D eigenvalue weighted by Crippen LogP contribution is 2.29. The Bertz CT molecular complexity index is 714. The normalized spacial score (nSPS) is 12.5. The van der Waals surface area contributed by atoms with Gasteiger partial charge in [-0.2, -0.15) is 0 Å². The molecule has 0 spiro atoms. The minimum atomic E-state index is 0.114. The maximum atomic E-state index is 10.2. The van der Waals surface area contributed by atoms with Crippen molar-refractivity contribution in [2.24, 2.45) is 4.99 Å². The number of phenolic OH excluding ortho intramolecular Hbond substituents is 1. The summed E-state index contributed by atoms with van der Waals surface area (Å²) in [7, 11) is 5.70. The van der Waals surface area contributed by atoms with E-state index in [-0.39, 0.29) is 11.8 Å². The lowest BCUT2D eigenvalue weighted by Crippen LogP contribution is -2.22. The average molecular weight is 342 g/mol. The number of rotatable bonds is 8. The first-order valence-electron chi connectivity index (χ1n) is 8.31. The van der Waals surface area contributed by atoms with Gasteiger partial charge in [-0.3, -0.25) is 4.99 Å². The lowest BCUT2D eigenvalue weighted by molar-refractivity contribution is 0.305. The Kier molecular flexibility index (Phi) is 6.83. The Labute approximate surface area is 149 Å². The average Bonchev–Trinajstić information content (AvgIpc) is 2.61. The lowest BCUT2D eigenvalue weighted by atomic mass is 10.1. The molecule has 134 valence electrons. The molecule has 0 saturated carbocycles. The highest BCUT2D eigenvalue weighted by Gasteiger charge is 2.14. The van der Waals surface area contributed by atoms with E-state index in [2.05, 4.69) is 16.0 Å². The molecule has 2 aromatic rings. The van der Waals surface area contributed by atoms with E-state index in [1.165, 1.54) is 0 Å². The molecule has 0 heterocycles. The molecule has 0 amide bonds. The molecule has 5 nitrogen and oxygen atoms in total. The number of aliphatic imine (C=N–C) groups is 1. The van der Waals surface area contributed by atoms with Gasteiger partial charge in [-0.1, -0.05) is 18.2 Å². The topological polar surface area (TPSA) is 54.3 Å². The predicted molar refractivity (Wildman–Crippen MR) is 101 cm³/mol. The Morgan fingerprint density at radius 1 is 1.20 bits per heavy atom. The molecule has 25 heavy (non-hydrogen) atoms. The fourth-order valence-electron chi connectivity index (χ4n) is 2.58. The van der Waals surface area contributed by atoms with Crippen molar-refractivity contribution in [2.75, 3.05) is 34.4 Å². The Morgan fingerprint density at radius 3 is 2.64 bits per heavy atom. The van der Waals surface area contributed by atoms with E-state index in [0.717, 1.165) is 11.3 Å². The van der Waals surface area contributed by atoms with Crippen LogP contribution in [0.15, 0.2) is 47.5 Å². The van der Waals surface area contributed by atoms with E-state index in [4.69, 9.17) is 9.47 Å². The van der Waals surface area contributed by atoms with E-state index in [1.54, 1.807) is 19.4 Å². The molecule has 0 radical (unpaired) electrons. The van der Waals surface area contributed by atoms with Crippen molar-refractivity contribution in [1.82, 2.24) is 4.90 Å². The zero-order valence-corrected chi connectivity index (χ0v) is 15.3. The third-order valence-corrected chi connectivity index (χ3v) is 3.94. The minimum Gasteiger partial charge on any atom is -0.504 e. The number of likely N-dealkylation sites (N-methyl/N-ethyl adjacent to an activating group) is 1. The van der Waals surface area contributed by atoms with Gasteiger partial charge in [0.25, 0.3) is 0 Å². The Balaban J connectivity index is 2.16. The number of hydrogen-bond donors (Lipinski definition) is 1. The minimum absolute atomic E-state index is 0.114. The standard InChI is InChI=1S/C20H26N2O3/c1-5-25-19-11-7-9-16(20(19)23)13-21-14-18(22(2)3)15-8-6-10-17(12-15)24-4/h6-13,18,23H,5,14H2,1-4H3/t18-/m1/s1. The fourth-order valence-corrected chi connectivity index (χ4v) is 2.58. The van der Waals surface area contributed by atoms with Crippen LogP contribution in [0, 0.1) is 0 Å². The molecule has 0 fully saturated rings. The molecule has 0 saturated heterocycles. The highest BCUT2D eigenvalue weighted by molar-refractivity contribution is 5.84. The quantitative estimate of drug-likeness (QED) is 0.746. The van der Waals surface area contributed by atoms with E-state index in [0.29, 0.717) is 24.5 Å². The van der Waals surface area contributed by atoms with Crippen LogP contribution in [0.25, 0.3) is 0 Å². The second kappa shape index (κ2) is 9.08.